The number of ether oxygens (including phenoxy) is 1. The first-order valence-electron chi connectivity index (χ1n) is 5.93. The van der Waals surface area contributed by atoms with Crippen molar-refractivity contribution in [3.8, 4) is 5.75 Å². The first-order chi connectivity index (χ1) is 9.10. The SMILES string of the molecule is COc1cc(Br)ccc1C(N)Cc1ccc(Br)cc1. The van der Waals surface area contributed by atoms with Gasteiger partial charge >= 0.3 is 0 Å². The van der Waals surface area contributed by atoms with Crippen molar-refractivity contribution in [1.82, 2.24) is 0 Å². The molecule has 2 nitrogen and oxygen atoms in total. The summed E-state index contributed by atoms with van der Waals surface area (Å²) in [6, 6.07) is 14.1. The zero-order valence-electron chi connectivity index (χ0n) is 10.6. The predicted molar refractivity (Wildman–Crippen MR) is 85.5 cm³/mol. The van der Waals surface area contributed by atoms with Crippen LogP contribution in [0.15, 0.2) is 51.4 Å². The van der Waals surface area contributed by atoms with Crippen molar-refractivity contribution < 1.29 is 4.74 Å². The van der Waals surface area contributed by atoms with Gasteiger partial charge in [-0.05, 0) is 36.2 Å². The molecule has 0 saturated carbocycles. The summed E-state index contributed by atoms with van der Waals surface area (Å²) in [7, 11) is 1.66. The van der Waals surface area contributed by atoms with Crippen LogP contribution in [0.3, 0.4) is 0 Å². The van der Waals surface area contributed by atoms with Crippen LogP contribution in [-0.4, -0.2) is 7.11 Å². The first-order valence-corrected chi connectivity index (χ1v) is 7.52. The van der Waals surface area contributed by atoms with Crippen LogP contribution in [-0.2, 0) is 6.42 Å². The van der Waals surface area contributed by atoms with Crippen molar-refractivity contribution >= 4 is 31.9 Å². The average Bonchev–Trinajstić information content (AvgIpc) is 2.41. The summed E-state index contributed by atoms with van der Waals surface area (Å²) in [6.45, 7) is 0. The molecule has 2 aromatic carbocycles. The molecule has 0 radical (unpaired) electrons. The van der Waals surface area contributed by atoms with Gasteiger partial charge in [0, 0.05) is 20.6 Å². The summed E-state index contributed by atoms with van der Waals surface area (Å²) in [4.78, 5) is 0. The molecular formula is C15H15Br2NO. The first kappa shape index (κ1) is 14.6. The van der Waals surface area contributed by atoms with Gasteiger partial charge in [-0.2, -0.15) is 0 Å². The fourth-order valence-corrected chi connectivity index (χ4v) is 2.58. The second-order valence-electron chi connectivity index (χ2n) is 4.32. The smallest absolute Gasteiger partial charge is 0.124 e. The zero-order chi connectivity index (χ0) is 13.8. The second-order valence-corrected chi connectivity index (χ2v) is 6.15. The molecule has 0 amide bonds. The van der Waals surface area contributed by atoms with Crippen LogP contribution in [0.25, 0.3) is 0 Å². The molecule has 19 heavy (non-hydrogen) atoms. The van der Waals surface area contributed by atoms with Gasteiger partial charge in [0.1, 0.15) is 5.75 Å². The van der Waals surface area contributed by atoms with Crippen LogP contribution in [0, 0.1) is 0 Å². The maximum atomic E-state index is 6.28. The molecule has 0 heterocycles. The topological polar surface area (TPSA) is 35.2 Å². The van der Waals surface area contributed by atoms with E-state index in [0.717, 1.165) is 26.7 Å². The molecular weight excluding hydrogens is 370 g/mol. The van der Waals surface area contributed by atoms with Crippen molar-refractivity contribution in [2.45, 2.75) is 12.5 Å². The number of hydrogen-bond acceptors (Lipinski definition) is 2. The third-order valence-electron chi connectivity index (χ3n) is 2.96. The molecule has 2 aromatic rings. The second kappa shape index (κ2) is 6.55. The molecule has 0 aliphatic carbocycles. The van der Waals surface area contributed by atoms with E-state index in [9.17, 15) is 0 Å². The number of methoxy groups -OCH3 is 1. The van der Waals surface area contributed by atoms with E-state index in [1.165, 1.54) is 5.56 Å². The maximum absolute atomic E-state index is 6.28. The standard InChI is InChI=1S/C15H15Br2NO/c1-19-15-9-12(17)6-7-13(15)14(18)8-10-2-4-11(16)5-3-10/h2-7,9,14H,8,18H2,1H3. The number of nitrogens with two attached hydrogens (primary N) is 1. The van der Waals surface area contributed by atoms with Gasteiger partial charge in [0.2, 0.25) is 0 Å². The summed E-state index contributed by atoms with van der Waals surface area (Å²) in [6.07, 6.45) is 0.783. The Labute approximate surface area is 130 Å². The van der Waals surface area contributed by atoms with Crippen molar-refractivity contribution in [3.05, 3.63) is 62.5 Å². The Bertz CT molecular complexity index is 555. The largest absolute Gasteiger partial charge is 0.496 e. The van der Waals surface area contributed by atoms with Crippen LogP contribution in [0.5, 0.6) is 5.75 Å². The van der Waals surface area contributed by atoms with Crippen LogP contribution >= 0.6 is 31.9 Å². The minimum Gasteiger partial charge on any atom is -0.496 e. The Morgan fingerprint density at radius 1 is 1.05 bits per heavy atom. The van der Waals surface area contributed by atoms with E-state index in [1.54, 1.807) is 7.11 Å². The molecule has 0 bridgehead atoms. The van der Waals surface area contributed by atoms with Crippen LogP contribution < -0.4 is 10.5 Å². The lowest BCUT2D eigenvalue weighted by atomic mass is 9.99. The van der Waals surface area contributed by atoms with Crippen LogP contribution in [0.4, 0.5) is 0 Å². The monoisotopic (exact) mass is 383 g/mol. The van der Waals surface area contributed by atoms with E-state index in [0.29, 0.717) is 0 Å². The molecule has 0 spiro atoms. The van der Waals surface area contributed by atoms with Gasteiger partial charge in [-0.15, -0.1) is 0 Å². The van der Waals surface area contributed by atoms with Crippen molar-refractivity contribution in [2.24, 2.45) is 5.73 Å². The number of halogens is 2. The number of rotatable bonds is 4. The van der Waals surface area contributed by atoms with E-state index < -0.39 is 0 Å². The van der Waals surface area contributed by atoms with Gasteiger partial charge < -0.3 is 10.5 Å². The van der Waals surface area contributed by atoms with Gasteiger partial charge in [-0.1, -0.05) is 50.1 Å². The molecule has 0 saturated heterocycles. The quantitative estimate of drug-likeness (QED) is 0.844. The van der Waals surface area contributed by atoms with E-state index in [-0.39, 0.29) is 6.04 Å². The summed E-state index contributed by atoms with van der Waals surface area (Å²) < 4.78 is 7.45. The van der Waals surface area contributed by atoms with Gasteiger partial charge in [0.15, 0.2) is 0 Å². The Balaban J connectivity index is 2.19. The minimum atomic E-state index is -0.0794. The molecule has 1 unspecified atom stereocenters. The highest BCUT2D eigenvalue weighted by atomic mass is 79.9. The highest BCUT2D eigenvalue weighted by molar-refractivity contribution is 9.10. The highest BCUT2D eigenvalue weighted by Crippen LogP contribution is 2.29. The lowest BCUT2D eigenvalue weighted by Gasteiger charge is -2.16. The lowest BCUT2D eigenvalue weighted by Crippen LogP contribution is -2.14. The molecule has 0 fully saturated rings. The Morgan fingerprint density at radius 3 is 2.32 bits per heavy atom. The molecule has 100 valence electrons. The van der Waals surface area contributed by atoms with Gasteiger partial charge in [0.05, 0.1) is 7.11 Å². The van der Waals surface area contributed by atoms with E-state index >= 15 is 0 Å². The van der Waals surface area contributed by atoms with E-state index in [4.69, 9.17) is 10.5 Å². The van der Waals surface area contributed by atoms with E-state index in [2.05, 4.69) is 44.0 Å². The van der Waals surface area contributed by atoms with E-state index in [1.807, 2.05) is 30.3 Å². The third kappa shape index (κ3) is 3.81. The molecule has 2 rings (SSSR count). The summed E-state index contributed by atoms with van der Waals surface area (Å²) in [5.74, 6) is 0.819. The molecule has 0 aliphatic rings. The van der Waals surface area contributed by atoms with Crippen molar-refractivity contribution in [3.63, 3.8) is 0 Å². The van der Waals surface area contributed by atoms with Gasteiger partial charge in [-0.3, -0.25) is 0 Å². The Morgan fingerprint density at radius 2 is 1.68 bits per heavy atom. The summed E-state index contributed by atoms with van der Waals surface area (Å²) in [5, 5.41) is 0. The fourth-order valence-electron chi connectivity index (χ4n) is 1.98. The molecule has 1 atom stereocenters. The summed E-state index contributed by atoms with van der Waals surface area (Å²) in [5.41, 5.74) is 8.52. The van der Waals surface area contributed by atoms with Gasteiger partial charge in [-0.25, -0.2) is 0 Å². The molecule has 2 N–H and O–H groups in total. The maximum Gasteiger partial charge on any atom is 0.124 e. The van der Waals surface area contributed by atoms with Crippen molar-refractivity contribution in [2.75, 3.05) is 7.11 Å². The number of hydrogen-bond donors (Lipinski definition) is 1. The third-order valence-corrected chi connectivity index (χ3v) is 3.99. The zero-order valence-corrected chi connectivity index (χ0v) is 13.7. The average molecular weight is 385 g/mol. The van der Waals surface area contributed by atoms with Crippen LogP contribution in [0.2, 0.25) is 0 Å². The Hall–Kier alpha value is -0.840. The van der Waals surface area contributed by atoms with Gasteiger partial charge in [0.25, 0.3) is 0 Å². The molecule has 0 aromatic heterocycles. The number of benzene rings is 2. The molecule has 0 aliphatic heterocycles. The summed E-state index contributed by atoms with van der Waals surface area (Å²) >= 11 is 6.87. The normalized spacial score (nSPS) is 12.2. The highest BCUT2D eigenvalue weighted by Gasteiger charge is 2.13. The minimum absolute atomic E-state index is 0.0794. The van der Waals surface area contributed by atoms with Crippen molar-refractivity contribution in [1.29, 1.82) is 0 Å². The lowest BCUT2D eigenvalue weighted by molar-refractivity contribution is 0.405. The molecule has 4 heteroatoms. The Kier molecular flexibility index (Phi) is 5.02. The fraction of sp³-hybridized carbons (Fsp3) is 0.200. The predicted octanol–water partition coefficient (Wildman–Crippen LogP) is 4.46. The van der Waals surface area contributed by atoms with Crippen LogP contribution in [0.1, 0.15) is 17.2 Å².